The zero-order valence-electron chi connectivity index (χ0n) is 17.8. The van der Waals surface area contributed by atoms with Gasteiger partial charge in [0.25, 0.3) is 0 Å². The largest absolute Gasteiger partial charge is 0.272 e. The SMILES string of the molecule is CCn1cc(CN(Cc2ccc(F)cc2)S(=O)(=O)c2ccc(C(C)C)cc2)c(C)n1. The van der Waals surface area contributed by atoms with Crippen LogP contribution in [0.25, 0.3) is 0 Å². The number of rotatable bonds is 8. The van der Waals surface area contributed by atoms with Gasteiger partial charge in [0.1, 0.15) is 5.82 Å². The van der Waals surface area contributed by atoms with Crippen LogP contribution in [0.15, 0.2) is 59.6 Å². The Morgan fingerprint density at radius 2 is 1.67 bits per heavy atom. The lowest BCUT2D eigenvalue weighted by atomic mass is 10.0. The number of aryl methyl sites for hydroxylation is 2. The predicted molar refractivity (Wildman–Crippen MR) is 116 cm³/mol. The van der Waals surface area contributed by atoms with Gasteiger partial charge in [0.2, 0.25) is 10.0 Å². The molecule has 3 rings (SSSR count). The molecule has 0 fully saturated rings. The van der Waals surface area contributed by atoms with E-state index >= 15 is 0 Å². The Balaban J connectivity index is 1.97. The second-order valence-electron chi connectivity index (χ2n) is 7.72. The molecule has 0 atom stereocenters. The third-order valence-electron chi connectivity index (χ3n) is 5.18. The smallest absolute Gasteiger partial charge is 0.243 e. The lowest BCUT2D eigenvalue weighted by Gasteiger charge is -2.22. The van der Waals surface area contributed by atoms with Crippen molar-refractivity contribution < 1.29 is 12.8 Å². The summed E-state index contributed by atoms with van der Waals surface area (Å²) in [6, 6.07) is 12.9. The van der Waals surface area contributed by atoms with Gasteiger partial charge in [-0.1, -0.05) is 38.1 Å². The molecule has 0 saturated carbocycles. The van der Waals surface area contributed by atoms with Gasteiger partial charge in [-0.2, -0.15) is 9.40 Å². The highest BCUT2D eigenvalue weighted by molar-refractivity contribution is 7.89. The lowest BCUT2D eigenvalue weighted by Crippen LogP contribution is -2.30. The molecule has 1 aromatic heterocycles. The van der Waals surface area contributed by atoms with Crippen LogP contribution >= 0.6 is 0 Å². The number of halogens is 1. The zero-order valence-corrected chi connectivity index (χ0v) is 18.7. The van der Waals surface area contributed by atoms with Crippen LogP contribution < -0.4 is 0 Å². The summed E-state index contributed by atoms with van der Waals surface area (Å²) in [5.41, 5.74) is 3.45. The molecule has 160 valence electrons. The molecule has 0 spiro atoms. The number of nitrogens with zero attached hydrogens (tertiary/aromatic N) is 3. The molecule has 30 heavy (non-hydrogen) atoms. The summed E-state index contributed by atoms with van der Waals surface area (Å²) in [4.78, 5) is 0.245. The monoisotopic (exact) mass is 429 g/mol. The third-order valence-corrected chi connectivity index (χ3v) is 6.98. The standard InChI is InChI=1S/C23H28FN3O2S/c1-5-26-15-21(18(4)25-26)16-27(14-19-6-10-22(24)11-7-19)30(28,29)23-12-8-20(9-13-23)17(2)3/h6-13,15,17H,5,14,16H2,1-4H3. The van der Waals surface area contributed by atoms with E-state index in [0.29, 0.717) is 12.5 Å². The summed E-state index contributed by atoms with van der Waals surface area (Å²) in [5.74, 6) is -0.0305. The molecule has 7 heteroatoms. The van der Waals surface area contributed by atoms with Crippen LogP contribution in [0.2, 0.25) is 0 Å². The van der Waals surface area contributed by atoms with E-state index in [4.69, 9.17) is 0 Å². The van der Waals surface area contributed by atoms with E-state index in [2.05, 4.69) is 18.9 Å². The highest BCUT2D eigenvalue weighted by Gasteiger charge is 2.26. The Bertz CT molecular complexity index is 1090. The normalized spacial score (nSPS) is 12.1. The van der Waals surface area contributed by atoms with Gasteiger partial charge in [0, 0.05) is 31.4 Å². The van der Waals surface area contributed by atoms with Gasteiger partial charge in [-0.05, 0) is 55.2 Å². The molecule has 0 amide bonds. The van der Waals surface area contributed by atoms with Crippen molar-refractivity contribution in [1.29, 1.82) is 0 Å². The van der Waals surface area contributed by atoms with Crippen LogP contribution in [0.3, 0.4) is 0 Å². The van der Waals surface area contributed by atoms with Crippen molar-refractivity contribution in [3.05, 3.63) is 82.9 Å². The van der Waals surface area contributed by atoms with Crippen molar-refractivity contribution in [2.75, 3.05) is 0 Å². The number of hydrogen-bond acceptors (Lipinski definition) is 3. The molecule has 2 aromatic carbocycles. The second-order valence-corrected chi connectivity index (χ2v) is 9.66. The molecular weight excluding hydrogens is 401 g/mol. The minimum atomic E-state index is -3.76. The van der Waals surface area contributed by atoms with Crippen LogP contribution in [0, 0.1) is 12.7 Å². The predicted octanol–water partition coefficient (Wildman–Crippen LogP) is 4.87. The van der Waals surface area contributed by atoms with Gasteiger partial charge in [0.15, 0.2) is 0 Å². The fourth-order valence-electron chi connectivity index (χ4n) is 3.26. The molecule has 0 N–H and O–H groups in total. The average molecular weight is 430 g/mol. The molecular formula is C23H28FN3O2S. The number of sulfonamides is 1. The average Bonchev–Trinajstić information content (AvgIpc) is 3.08. The van der Waals surface area contributed by atoms with Gasteiger partial charge in [-0.15, -0.1) is 0 Å². The fraction of sp³-hybridized carbons (Fsp3) is 0.348. The fourth-order valence-corrected chi connectivity index (χ4v) is 4.67. The first-order chi connectivity index (χ1) is 14.2. The summed E-state index contributed by atoms with van der Waals surface area (Å²) in [5, 5.41) is 4.43. The van der Waals surface area contributed by atoms with Crippen molar-refractivity contribution in [2.45, 2.75) is 58.1 Å². The van der Waals surface area contributed by atoms with Gasteiger partial charge in [-0.3, -0.25) is 4.68 Å². The molecule has 0 radical (unpaired) electrons. The van der Waals surface area contributed by atoms with E-state index in [1.54, 1.807) is 28.9 Å². The van der Waals surface area contributed by atoms with Gasteiger partial charge >= 0.3 is 0 Å². The highest BCUT2D eigenvalue weighted by Crippen LogP contribution is 2.24. The van der Waals surface area contributed by atoms with Crippen LogP contribution in [0.4, 0.5) is 4.39 Å². The van der Waals surface area contributed by atoms with Crippen molar-refractivity contribution in [1.82, 2.24) is 14.1 Å². The minimum Gasteiger partial charge on any atom is -0.272 e. The zero-order chi connectivity index (χ0) is 21.9. The Labute approximate surface area is 178 Å². The van der Waals surface area contributed by atoms with Crippen molar-refractivity contribution >= 4 is 10.0 Å². The van der Waals surface area contributed by atoms with E-state index in [0.717, 1.165) is 22.4 Å². The Morgan fingerprint density at radius 1 is 1.03 bits per heavy atom. The molecule has 0 unspecified atom stereocenters. The molecule has 3 aromatic rings. The van der Waals surface area contributed by atoms with Gasteiger partial charge < -0.3 is 0 Å². The molecule has 1 heterocycles. The van der Waals surface area contributed by atoms with Crippen molar-refractivity contribution in [3.8, 4) is 0 Å². The summed E-state index contributed by atoms with van der Waals surface area (Å²) in [7, 11) is -3.76. The van der Waals surface area contributed by atoms with Crippen molar-refractivity contribution in [3.63, 3.8) is 0 Å². The Kier molecular flexibility index (Phi) is 6.73. The van der Waals surface area contributed by atoms with Crippen LogP contribution in [0.1, 0.15) is 49.1 Å². The van der Waals surface area contributed by atoms with Crippen molar-refractivity contribution in [2.24, 2.45) is 0 Å². The maximum absolute atomic E-state index is 13.5. The first kappa shape index (κ1) is 22.2. The van der Waals surface area contributed by atoms with E-state index in [1.807, 2.05) is 32.2 Å². The first-order valence-corrected chi connectivity index (χ1v) is 11.5. The minimum absolute atomic E-state index is 0.144. The molecule has 0 saturated heterocycles. The molecule has 5 nitrogen and oxygen atoms in total. The number of hydrogen-bond donors (Lipinski definition) is 0. The Hall–Kier alpha value is -2.51. The van der Waals surface area contributed by atoms with Gasteiger partial charge in [0.05, 0.1) is 10.6 Å². The lowest BCUT2D eigenvalue weighted by molar-refractivity contribution is 0.400. The summed E-state index contributed by atoms with van der Waals surface area (Å²) in [6.07, 6.45) is 1.88. The third kappa shape index (κ3) is 4.96. The van der Waals surface area contributed by atoms with Gasteiger partial charge in [-0.25, -0.2) is 12.8 Å². The topological polar surface area (TPSA) is 55.2 Å². The maximum atomic E-state index is 13.5. The summed E-state index contributed by atoms with van der Waals surface area (Å²) in [6.45, 7) is 9.04. The van der Waals surface area contributed by atoms with Crippen LogP contribution in [0.5, 0.6) is 0 Å². The first-order valence-electron chi connectivity index (χ1n) is 10.1. The van der Waals surface area contributed by atoms with E-state index in [-0.39, 0.29) is 23.8 Å². The highest BCUT2D eigenvalue weighted by atomic mass is 32.2. The molecule has 0 aliphatic rings. The van der Waals surface area contributed by atoms with E-state index in [1.165, 1.54) is 16.4 Å². The van der Waals surface area contributed by atoms with Crippen LogP contribution in [-0.4, -0.2) is 22.5 Å². The Morgan fingerprint density at radius 3 is 2.20 bits per heavy atom. The van der Waals surface area contributed by atoms with Crippen LogP contribution in [-0.2, 0) is 29.7 Å². The molecule has 0 bridgehead atoms. The maximum Gasteiger partial charge on any atom is 0.243 e. The van der Waals surface area contributed by atoms with E-state index in [9.17, 15) is 12.8 Å². The second kappa shape index (κ2) is 9.10. The number of aromatic nitrogens is 2. The van der Waals surface area contributed by atoms with E-state index < -0.39 is 10.0 Å². The summed E-state index contributed by atoms with van der Waals surface area (Å²) >= 11 is 0. The summed E-state index contributed by atoms with van der Waals surface area (Å²) < 4.78 is 43.5. The molecule has 0 aliphatic heterocycles. The number of benzene rings is 2. The quantitative estimate of drug-likeness (QED) is 0.514. The molecule has 0 aliphatic carbocycles.